The minimum atomic E-state index is -0.664. The fourth-order valence-corrected chi connectivity index (χ4v) is 3.55. The Hall–Kier alpha value is -2.41. The summed E-state index contributed by atoms with van der Waals surface area (Å²) in [5.41, 5.74) is 3.24. The molecule has 0 spiro atoms. The van der Waals surface area contributed by atoms with Crippen LogP contribution in [0.5, 0.6) is 0 Å². The van der Waals surface area contributed by atoms with Crippen molar-refractivity contribution in [3.8, 4) is 6.07 Å². The lowest BCUT2D eigenvalue weighted by Crippen LogP contribution is -2.45. The summed E-state index contributed by atoms with van der Waals surface area (Å²) in [5, 5.41) is 13.5. The zero-order chi connectivity index (χ0) is 16.4. The number of hydrogen-bond donors (Lipinski definition) is 1. The number of nitrogens with zero attached hydrogens (tertiary/aromatic N) is 2. The Bertz CT molecular complexity index is 798. The van der Waals surface area contributed by atoms with E-state index in [1.807, 2.05) is 38.1 Å². The van der Waals surface area contributed by atoms with Crippen LogP contribution < -0.4 is 5.32 Å². The molecule has 0 bridgehead atoms. The van der Waals surface area contributed by atoms with E-state index in [1.165, 1.54) is 0 Å². The van der Waals surface area contributed by atoms with Crippen LogP contribution in [0.3, 0.4) is 0 Å². The molecule has 23 heavy (non-hydrogen) atoms. The zero-order valence-corrected chi connectivity index (χ0v) is 13.6. The maximum atomic E-state index is 12.5. The summed E-state index contributed by atoms with van der Waals surface area (Å²) in [4.78, 5) is 17.1. The van der Waals surface area contributed by atoms with Gasteiger partial charge in [0, 0.05) is 11.1 Å². The summed E-state index contributed by atoms with van der Waals surface area (Å²) in [6.07, 6.45) is 3.79. The van der Waals surface area contributed by atoms with Crippen molar-refractivity contribution < 1.29 is 4.79 Å². The number of nitrogens with one attached hydrogen (secondary N) is 1. The van der Waals surface area contributed by atoms with E-state index in [9.17, 15) is 10.1 Å². The Morgan fingerprint density at radius 3 is 2.70 bits per heavy atom. The fourth-order valence-electron chi connectivity index (χ4n) is 3.55. The van der Waals surface area contributed by atoms with Gasteiger partial charge >= 0.3 is 0 Å². The molecule has 0 unspecified atom stereocenters. The first-order valence-corrected chi connectivity index (χ1v) is 8.12. The Morgan fingerprint density at radius 1 is 1.30 bits per heavy atom. The molecule has 1 fully saturated rings. The number of carbonyl (C=O) groups is 1. The lowest BCUT2D eigenvalue weighted by Gasteiger charge is -2.22. The van der Waals surface area contributed by atoms with E-state index in [1.54, 1.807) is 0 Å². The molecule has 3 rings (SSSR count). The third kappa shape index (κ3) is 2.92. The molecule has 2 aromatic rings. The molecule has 1 aliphatic rings. The first kappa shape index (κ1) is 15.5. The maximum Gasteiger partial charge on any atom is 0.225 e. The molecule has 1 heterocycles. The van der Waals surface area contributed by atoms with Gasteiger partial charge in [-0.25, -0.2) is 0 Å². The van der Waals surface area contributed by atoms with Gasteiger partial charge in [-0.3, -0.25) is 9.78 Å². The molecular weight excluding hydrogens is 286 g/mol. The van der Waals surface area contributed by atoms with E-state index >= 15 is 0 Å². The number of para-hydroxylation sites is 1. The van der Waals surface area contributed by atoms with Crippen LogP contribution in [0.2, 0.25) is 0 Å². The van der Waals surface area contributed by atoms with Crippen molar-refractivity contribution in [2.45, 2.75) is 51.5 Å². The quantitative estimate of drug-likeness (QED) is 0.945. The van der Waals surface area contributed by atoms with E-state index in [0.29, 0.717) is 0 Å². The number of amides is 1. The van der Waals surface area contributed by atoms with Crippen LogP contribution in [0.4, 0.5) is 0 Å². The lowest BCUT2D eigenvalue weighted by molar-refractivity contribution is -0.121. The molecule has 1 aromatic carbocycles. The molecule has 1 N–H and O–H groups in total. The number of aromatic nitrogens is 1. The average Bonchev–Trinajstić information content (AvgIpc) is 3.00. The zero-order valence-electron chi connectivity index (χ0n) is 13.6. The van der Waals surface area contributed by atoms with Crippen molar-refractivity contribution in [2.24, 2.45) is 0 Å². The van der Waals surface area contributed by atoms with E-state index in [4.69, 9.17) is 0 Å². The summed E-state index contributed by atoms with van der Waals surface area (Å²) in [7, 11) is 0. The van der Waals surface area contributed by atoms with E-state index in [2.05, 4.69) is 16.4 Å². The van der Waals surface area contributed by atoms with Crippen molar-refractivity contribution in [3.63, 3.8) is 0 Å². The van der Waals surface area contributed by atoms with Crippen LogP contribution in [0.25, 0.3) is 10.9 Å². The standard InChI is InChI=1S/C19H21N3O/c1-13-15-7-3-4-8-17(15)21-14(2)16(13)11-18(23)22-19(12-20)9-5-6-10-19/h3-4,7-8H,5-6,9-11H2,1-2H3,(H,22,23). The van der Waals surface area contributed by atoms with Crippen LogP contribution in [-0.2, 0) is 11.2 Å². The highest BCUT2D eigenvalue weighted by molar-refractivity contribution is 5.86. The van der Waals surface area contributed by atoms with Crippen molar-refractivity contribution >= 4 is 16.8 Å². The number of benzene rings is 1. The first-order chi connectivity index (χ1) is 11.0. The fraction of sp³-hybridized carbons (Fsp3) is 0.421. The molecule has 1 aromatic heterocycles. The van der Waals surface area contributed by atoms with Crippen LogP contribution in [0.15, 0.2) is 24.3 Å². The topological polar surface area (TPSA) is 65.8 Å². The monoisotopic (exact) mass is 307 g/mol. The van der Waals surface area contributed by atoms with Gasteiger partial charge in [-0.05, 0) is 56.7 Å². The van der Waals surface area contributed by atoms with Gasteiger partial charge in [0.25, 0.3) is 0 Å². The minimum Gasteiger partial charge on any atom is -0.338 e. The number of fused-ring (bicyclic) bond motifs is 1. The average molecular weight is 307 g/mol. The van der Waals surface area contributed by atoms with Gasteiger partial charge in [0.1, 0.15) is 5.54 Å². The van der Waals surface area contributed by atoms with E-state index in [0.717, 1.165) is 53.4 Å². The third-order valence-electron chi connectivity index (χ3n) is 4.87. The van der Waals surface area contributed by atoms with Gasteiger partial charge in [0.15, 0.2) is 0 Å². The summed E-state index contributed by atoms with van der Waals surface area (Å²) in [5.74, 6) is -0.0864. The Kier molecular flexibility index (Phi) is 4.04. The second-order valence-corrected chi connectivity index (χ2v) is 6.44. The molecule has 4 heteroatoms. The largest absolute Gasteiger partial charge is 0.338 e. The predicted molar refractivity (Wildman–Crippen MR) is 89.9 cm³/mol. The molecule has 4 nitrogen and oxygen atoms in total. The number of carbonyl (C=O) groups excluding carboxylic acids is 1. The highest BCUT2D eigenvalue weighted by atomic mass is 16.1. The van der Waals surface area contributed by atoms with Gasteiger partial charge in [-0.2, -0.15) is 5.26 Å². The molecule has 1 saturated carbocycles. The Morgan fingerprint density at radius 2 is 2.00 bits per heavy atom. The van der Waals surface area contributed by atoms with Crippen LogP contribution in [0, 0.1) is 25.2 Å². The second kappa shape index (κ2) is 6.00. The van der Waals surface area contributed by atoms with Gasteiger partial charge in [0.05, 0.1) is 18.0 Å². The molecule has 1 amide bonds. The molecular formula is C19H21N3O. The Labute approximate surface area is 136 Å². The van der Waals surface area contributed by atoms with Gasteiger partial charge in [-0.1, -0.05) is 18.2 Å². The number of hydrogen-bond acceptors (Lipinski definition) is 3. The van der Waals surface area contributed by atoms with E-state index in [-0.39, 0.29) is 12.3 Å². The number of pyridine rings is 1. The van der Waals surface area contributed by atoms with Gasteiger partial charge in [-0.15, -0.1) is 0 Å². The highest BCUT2D eigenvalue weighted by Gasteiger charge is 2.35. The van der Waals surface area contributed by atoms with Crippen LogP contribution in [-0.4, -0.2) is 16.4 Å². The van der Waals surface area contributed by atoms with E-state index < -0.39 is 5.54 Å². The normalized spacial score (nSPS) is 16.2. The number of aryl methyl sites for hydroxylation is 2. The molecule has 0 saturated heterocycles. The third-order valence-corrected chi connectivity index (χ3v) is 4.87. The van der Waals surface area contributed by atoms with Crippen molar-refractivity contribution in [1.29, 1.82) is 5.26 Å². The van der Waals surface area contributed by atoms with Gasteiger partial charge in [0.2, 0.25) is 5.91 Å². The maximum absolute atomic E-state index is 12.5. The minimum absolute atomic E-state index is 0.0864. The molecule has 0 atom stereocenters. The summed E-state index contributed by atoms with van der Waals surface area (Å²) in [6.45, 7) is 3.98. The van der Waals surface area contributed by atoms with Crippen molar-refractivity contribution in [2.75, 3.05) is 0 Å². The molecule has 0 radical (unpaired) electrons. The van der Waals surface area contributed by atoms with Gasteiger partial charge < -0.3 is 5.32 Å². The predicted octanol–water partition coefficient (Wildman–Crippen LogP) is 3.35. The molecule has 1 aliphatic carbocycles. The number of rotatable bonds is 3. The van der Waals surface area contributed by atoms with Crippen molar-refractivity contribution in [1.82, 2.24) is 10.3 Å². The Balaban J connectivity index is 1.87. The summed E-state index contributed by atoms with van der Waals surface area (Å²) < 4.78 is 0. The van der Waals surface area contributed by atoms with Crippen molar-refractivity contribution in [3.05, 3.63) is 41.1 Å². The molecule has 0 aliphatic heterocycles. The van der Waals surface area contributed by atoms with Crippen LogP contribution >= 0.6 is 0 Å². The van der Waals surface area contributed by atoms with Crippen LogP contribution in [0.1, 0.15) is 42.5 Å². The summed E-state index contributed by atoms with van der Waals surface area (Å²) >= 11 is 0. The first-order valence-electron chi connectivity index (χ1n) is 8.12. The lowest BCUT2D eigenvalue weighted by atomic mass is 9.96. The molecule has 118 valence electrons. The SMILES string of the molecule is Cc1nc2ccccc2c(C)c1CC(=O)NC1(C#N)CCCC1. The second-order valence-electron chi connectivity index (χ2n) is 6.44. The smallest absolute Gasteiger partial charge is 0.225 e. The highest BCUT2D eigenvalue weighted by Crippen LogP contribution is 2.29. The number of nitriles is 1. The summed E-state index contributed by atoms with van der Waals surface area (Å²) in [6, 6.07) is 10.3.